The van der Waals surface area contributed by atoms with Crippen molar-refractivity contribution in [2.75, 3.05) is 20.1 Å². The van der Waals surface area contributed by atoms with Gasteiger partial charge in [0, 0.05) is 31.9 Å². The zero-order valence-electron chi connectivity index (χ0n) is 11.4. The molecule has 0 fully saturated rings. The van der Waals surface area contributed by atoms with E-state index in [0.29, 0.717) is 13.0 Å². The lowest BCUT2D eigenvalue weighted by molar-refractivity contribution is -0.121. The Labute approximate surface area is 109 Å². The molecule has 100 valence electrons. The maximum absolute atomic E-state index is 11.6. The number of hydrogen-bond donors (Lipinski definition) is 1. The van der Waals surface area contributed by atoms with Crippen LogP contribution < -0.4 is 5.32 Å². The summed E-state index contributed by atoms with van der Waals surface area (Å²) in [7, 11) is 2.06. The minimum atomic E-state index is 0.107. The van der Waals surface area contributed by atoms with E-state index in [4.69, 9.17) is 0 Å². The van der Waals surface area contributed by atoms with Gasteiger partial charge in [-0.15, -0.1) is 0 Å². The highest BCUT2D eigenvalue weighted by Gasteiger charge is 2.04. The molecule has 0 atom stereocenters. The highest BCUT2D eigenvalue weighted by Crippen LogP contribution is 1.96. The molecule has 0 aliphatic heterocycles. The molecule has 0 saturated heterocycles. The molecule has 1 N–H and O–H groups in total. The van der Waals surface area contributed by atoms with Gasteiger partial charge in [0.25, 0.3) is 0 Å². The summed E-state index contributed by atoms with van der Waals surface area (Å²) in [6.45, 7) is 4.64. The number of nitrogens with one attached hydrogen (secondary N) is 1. The molecule has 4 heteroatoms. The first-order chi connectivity index (χ1) is 8.72. The molecule has 1 aromatic rings. The van der Waals surface area contributed by atoms with E-state index in [1.165, 1.54) is 12.8 Å². The van der Waals surface area contributed by atoms with E-state index in [2.05, 4.69) is 29.2 Å². The van der Waals surface area contributed by atoms with Crippen LogP contribution in [0.15, 0.2) is 24.5 Å². The first-order valence-corrected chi connectivity index (χ1v) is 6.56. The first kappa shape index (κ1) is 14.6. The largest absolute Gasteiger partial charge is 0.352 e. The third kappa shape index (κ3) is 6.35. The summed E-state index contributed by atoms with van der Waals surface area (Å²) in [4.78, 5) is 17.8. The quantitative estimate of drug-likeness (QED) is 0.764. The molecule has 18 heavy (non-hydrogen) atoms. The minimum absolute atomic E-state index is 0.107. The van der Waals surface area contributed by atoms with Crippen LogP contribution in [0.4, 0.5) is 0 Å². The van der Waals surface area contributed by atoms with Gasteiger partial charge >= 0.3 is 0 Å². The number of hydrogen-bond acceptors (Lipinski definition) is 3. The molecule has 0 aromatic carbocycles. The van der Waals surface area contributed by atoms with Gasteiger partial charge in [0.05, 0.1) is 0 Å². The van der Waals surface area contributed by atoms with E-state index in [0.717, 1.165) is 18.7 Å². The van der Waals surface area contributed by atoms with Crippen molar-refractivity contribution in [3.63, 3.8) is 0 Å². The van der Waals surface area contributed by atoms with Crippen LogP contribution in [0.2, 0.25) is 0 Å². The monoisotopic (exact) mass is 249 g/mol. The second-order valence-electron chi connectivity index (χ2n) is 4.54. The standard InChI is InChI=1S/C14H23N3O/c1-3-4-10-17(2)11-7-14(18)16-12-13-5-8-15-9-6-13/h5-6,8-9H,3-4,7,10-12H2,1-2H3,(H,16,18). The van der Waals surface area contributed by atoms with Gasteiger partial charge < -0.3 is 10.2 Å². The summed E-state index contributed by atoms with van der Waals surface area (Å²) in [5.74, 6) is 0.107. The van der Waals surface area contributed by atoms with Crippen molar-refractivity contribution < 1.29 is 4.79 Å². The maximum atomic E-state index is 11.6. The van der Waals surface area contributed by atoms with Crippen LogP contribution in [0.1, 0.15) is 31.7 Å². The Kier molecular flexibility index (Phi) is 7.03. The van der Waals surface area contributed by atoms with Gasteiger partial charge in [-0.25, -0.2) is 0 Å². The number of pyridine rings is 1. The van der Waals surface area contributed by atoms with Crippen LogP contribution in [0.5, 0.6) is 0 Å². The average Bonchev–Trinajstić information content (AvgIpc) is 2.41. The second kappa shape index (κ2) is 8.64. The third-order valence-electron chi connectivity index (χ3n) is 2.85. The molecule has 0 saturated carbocycles. The Bertz CT molecular complexity index is 340. The number of nitrogens with zero attached hydrogens (tertiary/aromatic N) is 2. The topological polar surface area (TPSA) is 45.2 Å². The molecular weight excluding hydrogens is 226 g/mol. The van der Waals surface area contributed by atoms with Crippen LogP contribution in [0.25, 0.3) is 0 Å². The van der Waals surface area contributed by atoms with Gasteiger partial charge in [0.15, 0.2) is 0 Å². The Hall–Kier alpha value is -1.42. The molecule has 0 bridgehead atoms. The number of aromatic nitrogens is 1. The van der Waals surface area contributed by atoms with Crippen molar-refractivity contribution in [2.24, 2.45) is 0 Å². The maximum Gasteiger partial charge on any atom is 0.221 e. The normalized spacial score (nSPS) is 10.6. The Morgan fingerprint density at radius 3 is 2.72 bits per heavy atom. The molecule has 1 rings (SSSR count). The predicted molar refractivity (Wildman–Crippen MR) is 73.1 cm³/mol. The van der Waals surface area contributed by atoms with E-state index in [9.17, 15) is 4.79 Å². The van der Waals surface area contributed by atoms with E-state index in [-0.39, 0.29) is 5.91 Å². The van der Waals surface area contributed by atoms with Crippen molar-refractivity contribution in [1.29, 1.82) is 0 Å². The molecule has 1 heterocycles. The van der Waals surface area contributed by atoms with Crippen molar-refractivity contribution in [1.82, 2.24) is 15.2 Å². The van der Waals surface area contributed by atoms with Crippen molar-refractivity contribution >= 4 is 5.91 Å². The third-order valence-corrected chi connectivity index (χ3v) is 2.85. The van der Waals surface area contributed by atoms with Crippen molar-refractivity contribution in [3.05, 3.63) is 30.1 Å². The van der Waals surface area contributed by atoms with Crippen LogP contribution in [-0.2, 0) is 11.3 Å². The van der Waals surface area contributed by atoms with Gasteiger partial charge in [-0.05, 0) is 37.7 Å². The molecule has 1 amide bonds. The summed E-state index contributed by atoms with van der Waals surface area (Å²) in [5.41, 5.74) is 1.08. The Morgan fingerprint density at radius 1 is 1.33 bits per heavy atom. The number of rotatable bonds is 8. The fourth-order valence-corrected chi connectivity index (χ4v) is 1.62. The molecule has 0 radical (unpaired) electrons. The highest BCUT2D eigenvalue weighted by atomic mass is 16.1. The minimum Gasteiger partial charge on any atom is -0.352 e. The zero-order chi connectivity index (χ0) is 13.2. The summed E-state index contributed by atoms with van der Waals surface area (Å²) in [5, 5.41) is 2.92. The van der Waals surface area contributed by atoms with E-state index < -0.39 is 0 Å². The smallest absolute Gasteiger partial charge is 0.221 e. The lowest BCUT2D eigenvalue weighted by Crippen LogP contribution is -2.29. The predicted octanol–water partition coefficient (Wildman–Crippen LogP) is 1.82. The first-order valence-electron chi connectivity index (χ1n) is 6.56. The molecule has 4 nitrogen and oxygen atoms in total. The van der Waals surface area contributed by atoms with E-state index in [1.54, 1.807) is 12.4 Å². The van der Waals surface area contributed by atoms with Crippen LogP contribution in [-0.4, -0.2) is 35.9 Å². The lowest BCUT2D eigenvalue weighted by Gasteiger charge is -2.15. The van der Waals surface area contributed by atoms with Crippen LogP contribution in [0, 0.1) is 0 Å². The van der Waals surface area contributed by atoms with E-state index in [1.807, 2.05) is 12.1 Å². The van der Waals surface area contributed by atoms with Gasteiger partial charge in [-0.1, -0.05) is 13.3 Å². The van der Waals surface area contributed by atoms with Crippen LogP contribution >= 0.6 is 0 Å². The number of carbonyl (C=O) groups is 1. The lowest BCUT2D eigenvalue weighted by atomic mass is 10.2. The molecule has 0 spiro atoms. The van der Waals surface area contributed by atoms with Crippen LogP contribution in [0.3, 0.4) is 0 Å². The fourth-order valence-electron chi connectivity index (χ4n) is 1.62. The van der Waals surface area contributed by atoms with Gasteiger partial charge in [-0.3, -0.25) is 9.78 Å². The summed E-state index contributed by atoms with van der Waals surface area (Å²) in [6, 6.07) is 3.82. The summed E-state index contributed by atoms with van der Waals surface area (Å²) < 4.78 is 0. The molecule has 0 unspecified atom stereocenters. The fraction of sp³-hybridized carbons (Fsp3) is 0.571. The number of amides is 1. The summed E-state index contributed by atoms with van der Waals surface area (Å²) in [6.07, 6.45) is 6.42. The average molecular weight is 249 g/mol. The van der Waals surface area contributed by atoms with Crippen molar-refractivity contribution in [3.8, 4) is 0 Å². The highest BCUT2D eigenvalue weighted by molar-refractivity contribution is 5.76. The Morgan fingerprint density at radius 2 is 2.06 bits per heavy atom. The number of carbonyl (C=O) groups excluding carboxylic acids is 1. The van der Waals surface area contributed by atoms with Gasteiger partial charge in [0.2, 0.25) is 5.91 Å². The SMILES string of the molecule is CCCCN(C)CCC(=O)NCc1ccncc1. The van der Waals surface area contributed by atoms with Gasteiger partial charge in [-0.2, -0.15) is 0 Å². The van der Waals surface area contributed by atoms with Gasteiger partial charge in [0.1, 0.15) is 0 Å². The molecular formula is C14H23N3O. The van der Waals surface area contributed by atoms with E-state index >= 15 is 0 Å². The second-order valence-corrected chi connectivity index (χ2v) is 4.54. The number of unbranched alkanes of at least 4 members (excludes halogenated alkanes) is 1. The Balaban J connectivity index is 2.14. The molecule has 0 aliphatic carbocycles. The molecule has 0 aliphatic rings. The van der Waals surface area contributed by atoms with Crippen molar-refractivity contribution in [2.45, 2.75) is 32.7 Å². The molecule has 1 aromatic heterocycles. The summed E-state index contributed by atoms with van der Waals surface area (Å²) >= 11 is 0. The zero-order valence-corrected chi connectivity index (χ0v) is 11.4.